The minimum Gasteiger partial charge on any atom is -0.496 e. The van der Waals surface area contributed by atoms with E-state index in [9.17, 15) is 0 Å². The van der Waals surface area contributed by atoms with Gasteiger partial charge in [0.15, 0.2) is 0 Å². The monoisotopic (exact) mass is 283 g/mol. The molecule has 0 spiro atoms. The van der Waals surface area contributed by atoms with Gasteiger partial charge in [-0.15, -0.1) is 0 Å². The van der Waals surface area contributed by atoms with Gasteiger partial charge >= 0.3 is 0 Å². The molecule has 0 N–H and O–H groups in total. The Hall–Kier alpha value is -2.16. The van der Waals surface area contributed by atoms with Crippen molar-refractivity contribution in [1.82, 2.24) is 0 Å². The fourth-order valence-corrected chi connectivity index (χ4v) is 2.89. The summed E-state index contributed by atoms with van der Waals surface area (Å²) in [5.41, 5.74) is 3.55. The van der Waals surface area contributed by atoms with E-state index in [0.717, 1.165) is 42.3 Å². The summed E-state index contributed by atoms with van der Waals surface area (Å²) in [4.78, 5) is 2.32. The summed E-state index contributed by atoms with van der Waals surface area (Å²) in [5.74, 6) is 2.75. The fraction of sp³-hybridized carbons (Fsp3) is 0.333. The molecule has 2 aromatic carbocycles. The number of benzene rings is 2. The van der Waals surface area contributed by atoms with E-state index < -0.39 is 0 Å². The Morgan fingerprint density at radius 3 is 2.62 bits per heavy atom. The molecule has 0 saturated carbocycles. The second-order valence-corrected chi connectivity index (χ2v) is 5.18. The molecule has 0 amide bonds. The fourth-order valence-electron chi connectivity index (χ4n) is 2.89. The van der Waals surface area contributed by atoms with E-state index in [2.05, 4.69) is 36.9 Å². The molecule has 0 aromatic heterocycles. The first-order valence-electron chi connectivity index (χ1n) is 7.48. The summed E-state index contributed by atoms with van der Waals surface area (Å²) in [6.45, 7) is 6.34. The molecule has 3 nitrogen and oxygen atoms in total. The maximum absolute atomic E-state index is 6.09. The molecule has 3 rings (SSSR count). The van der Waals surface area contributed by atoms with Crippen LogP contribution in [0.25, 0.3) is 0 Å². The van der Waals surface area contributed by atoms with Gasteiger partial charge in [0.25, 0.3) is 0 Å². The van der Waals surface area contributed by atoms with E-state index >= 15 is 0 Å². The predicted molar refractivity (Wildman–Crippen MR) is 85.9 cm³/mol. The quantitative estimate of drug-likeness (QED) is 0.715. The Morgan fingerprint density at radius 2 is 1.90 bits per heavy atom. The molecule has 1 heterocycles. The molecule has 110 valence electrons. The number of fused-ring (bicyclic) bond motifs is 2. The summed E-state index contributed by atoms with van der Waals surface area (Å²) in [6, 6.07) is 12.4. The zero-order valence-corrected chi connectivity index (χ0v) is 12.8. The highest BCUT2D eigenvalue weighted by Gasteiger charge is 2.21. The molecule has 1 aliphatic heterocycles. The largest absolute Gasteiger partial charge is 0.496 e. The van der Waals surface area contributed by atoms with Crippen molar-refractivity contribution in [3.05, 3.63) is 47.5 Å². The number of nitrogens with zero attached hydrogens (tertiary/aromatic N) is 1. The van der Waals surface area contributed by atoms with E-state index in [4.69, 9.17) is 9.47 Å². The molecule has 0 aliphatic carbocycles. The van der Waals surface area contributed by atoms with Crippen molar-refractivity contribution < 1.29 is 9.47 Å². The lowest BCUT2D eigenvalue weighted by Crippen LogP contribution is -2.21. The van der Waals surface area contributed by atoms with Gasteiger partial charge in [0.05, 0.1) is 7.11 Å². The molecular weight excluding hydrogens is 262 g/mol. The molecule has 2 aromatic rings. The predicted octanol–water partition coefficient (Wildman–Crippen LogP) is 4.24. The second-order valence-electron chi connectivity index (χ2n) is 5.18. The number of rotatable bonds is 4. The second kappa shape index (κ2) is 5.68. The lowest BCUT2D eigenvalue weighted by molar-refractivity contribution is 0.397. The molecule has 0 saturated heterocycles. The maximum Gasteiger partial charge on any atom is 0.134 e. The Balaban J connectivity index is 1.97. The van der Waals surface area contributed by atoms with E-state index in [1.807, 2.05) is 18.2 Å². The van der Waals surface area contributed by atoms with Crippen molar-refractivity contribution in [2.45, 2.75) is 20.3 Å². The van der Waals surface area contributed by atoms with Gasteiger partial charge in [0, 0.05) is 36.8 Å². The molecule has 0 unspecified atom stereocenters. The van der Waals surface area contributed by atoms with Crippen LogP contribution in [0, 0.1) is 0 Å². The van der Waals surface area contributed by atoms with Gasteiger partial charge in [-0.25, -0.2) is 0 Å². The van der Waals surface area contributed by atoms with E-state index in [0.29, 0.717) is 0 Å². The summed E-state index contributed by atoms with van der Waals surface area (Å²) in [6.07, 6.45) is 0.854. The number of methoxy groups -OCH3 is 1. The molecular formula is C18H21NO2. The molecule has 0 fully saturated rings. The van der Waals surface area contributed by atoms with E-state index in [1.54, 1.807) is 7.11 Å². The highest BCUT2D eigenvalue weighted by atomic mass is 16.5. The van der Waals surface area contributed by atoms with Crippen LogP contribution in [0.5, 0.6) is 17.2 Å². The van der Waals surface area contributed by atoms with Crippen molar-refractivity contribution in [1.29, 1.82) is 0 Å². The average molecular weight is 283 g/mol. The molecule has 0 atom stereocenters. The van der Waals surface area contributed by atoms with Gasteiger partial charge in [0.2, 0.25) is 0 Å². The standard InChI is InChI=1S/C18H21NO2/c1-4-19(5-2)14-10-9-13-11-15-16(20-3)7-6-8-17(15)21-18(13)12-14/h6-10,12H,4-5,11H2,1-3H3. The Morgan fingerprint density at radius 1 is 1.10 bits per heavy atom. The molecule has 21 heavy (non-hydrogen) atoms. The van der Waals surface area contributed by atoms with Crippen molar-refractivity contribution >= 4 is 5.69 Å². The summed E-state index contributed by atoms with van der Waals surface area (Å²) >= 11 is 0. The normalized spacial score (nSPS) is 12.1. The zero-order valence-electron chi connectivity index (χ0n) is 12.8. The number of hydrogen-bond acceptors (Lipinski definition) is 3. The molecule has 1 aliphatic rings. The molecule has 3 heteroatoms. The summed E-state index contributed by atoms with van der Waals surface area (Å²) < 4.78 is 11.5. The smallest absolute Gasteiger partial charge is 0.134 e. The SMILES string of the molecule is CCN(CC)c1ccc2c(c1)Oc1cccc(OC)c1C2. The lowest BCUT2D eigenvalue weighted by Gasteiger charge is -2.26. The first-order chi connectivity index (χ1) is 10.3. The van der Waals surface area contributed by atoms with Crippen LogP contribution in [0.1, 0.15) is 25.0 Å². The third-order valence-electron chi connectivity index (χ3n) is 4.08. The summed E-state index contributed by atoms with van der Waals surface area (Å²) in [7, 11) is 1.70. The van der Waals surface area contributed by atoms with Crippen molar-refractivity contribution in [2.75, 3.05) is 25.1 Å². The van der Waals surface area contributed by atoms with Crippen molar-refractivity contribution in [3.8, 4) is 17.2 Å². The van der Waals surface area contributed by atoms with Crippen LogP contribution in [0.2, 0.25) is 0 Å². The number of ether oxygens (including phenoxy) is 2. The van der Waals surface area contributed by atoms with E-state index in [1.165, 1.54) is 11.3 Å². The third kappa shape index (κ3) is 2.44. The topological polar surface area (TPSA) is 21.7 Å². The van der Waals surface area contributed by atoms with Gasteiger partial charge in [-0.05, 0) is 37.6 Å². The number of hydrogen-bond donors (Lipinski definition) is 0. The van der Waals surface area contributed by atoms with Crippen LogP contribution in [-0.4, -0.2) is 20.2 Å². The zero-order chi connectivity index (χ0) is 14.8. The van der Waals surface area contributed by atoms with Gasteiger partial charge in [-0.1, -0.05) is 12.1 Å². The Labute approximate surface area is 126 Å². The van der Waals surface area contributed by atoms with E-state index in [-0.39, 0.29) is 0 Å². The van der Waals surface area contributed by atoms with Crippen LogP contribution >= 0.6 is 0 Å². The molecule has 0 radical (unpaired) electrons. The van der Waals surface area contributed by atoms with Crippen LogP contribution in [0.15, 0.2) is 36.4 Å². The maximum atomic E-state index is 6.09. The highest BCUT2D eigenvalue weighted by molar-refractivity contribution is 5.60. The van der Waals surface area contributed by atoms with Crippen molar-refractivity contribution in [3.63, 3.8) is 0 Å². The lowest BCUT2D eigenvalue weighted by atomic mass is 9.99. The van der Waals surface area contributed by atoms with Gasteiger partial charge in [-0.3, -0.25) is 0 Å². The minimum atomic E-state index is 0.854. The van der Waals surface area contributed by atoms with Crippen LogP contribution in [-0.2, 0) is 6.42 Å². The van der Waals surface area contributed by atoms with Crippen LogP contribution < -0.4 is 14.4 Å². The summed E-state index contributed by atoms with van der Waals surface area (Å²) in [5, 5.41) is 0. The third-order valence-corrected chi connectivity index (χ3v) is 4.08. The van der Waals surface area contributed by atoms with Gasteiger partial charge in [0.1, 0.15) is 17.2 Å². The Kier molecular flexibility index (Phi) is 3.74. The first kappa shape index (κ1) is 13.8. The van der Waals surface area contributed by atoms with Gasteiger partial charge in [-0.2, -0.15) is 0 Å². The van der Waals surface area contributed by atoms with Gasteiger partial charge < -0.3 is 14.4 Å². The Bertz CT molecular complexity index is 648. The first-order valence-corrected chi connectivity index (χ1v) is 7.48. The van der Waals surface area contributed by atoms with Crippen molar-refractivity contribution in [2.24, 2.45) is 0 Å². The van der Waals surface area contributed by atoms with Crippen LogP contribution in [0.4, 0.5) is 5.69 Å². The highest BCUT2D eigenvalue weighted by Crippen LogP contribution is 2.41. The minimum absolute atomic E-state index is 0.854. The number of anilines is 1. The average Bonchev–Trinajstić information content (AvgIpc) is 2.53. The van der Waals surface area contributed by atoms with Crippen LogP contribution in [0.3, 0.4) is 0 Å². The molecule has 0 bridgehead atoms.